The molecule has 1 atom stereocenters. The summed E-state index contributed by atoms with van der Waals surface area (Å²) in [5, 5.41) is 12.1. The van der Waals surface area contributed by atoms with Crippen LogP contribution in [0.4, 0.5) is 5.13 Å². The number of thiazole rings is 2. The van der Waals surface area contributed by atoms with Crippen molar-refractivity contribution in [2.75, 3.05) is 4.90 Å². The van der Waals surface area contributed by atoms with Crippen LogP contribution in [-0.2, 0) is 4.79 Å². The zero-order valence-electron chi connectivity index (χ0n) is 18.7. The fraction of sp³-hybridized carbons (Fsp3) is 0.250. The number of hydrogen-bond acceptors (Lipinski definition) is 8. The topological polar surface area (TPSA) is 96.5 Å². The van der Waals surface area contributed by atoms with E-state index >= 15 is 0 Å². The number of aryl methyl sites for hydroxylation is 5. The highest BCUT2D eigenvalue weighted by Gasteiger charge is 2.48. The van der Waals surface area contributed by atoms with E-state index in [1.165, 1.54) is 27.6 Å². The standard InChI is InChI=1S/C24H21N3O4S2/c1-10-8-11(2)18-16(9-10)33-24(26-18)27-19(15-7-6-12(3)31-15)17(21(29)23(27)30)20(28)22-13(4)25-14(5)32-22/h6-9,19,29H,1-5H3. The monoisotopic (exact) mass is 479 g/mol. The SMILES string of the molecule is Cc1cc(C)c2nc(N3C(=O)C(O)=C(C(=O)c4sc(C)nc4C)C3c3ccc(C)o3)sc2c1. The predicted molar refractivity (Wildman–Crippen MR) is 128 cm³/mol. The number of benzene rings is 1. The molecule has 1 aromatic carbocycles. The van der Waals surface area contributed by atoms with Gasteiger partial charge in [-0.05, 0) is 63.9 Å². The Kier molecular flexibility index (Phi) is 4.98. The number of aliphatic hydroxyl groups is 1. The first-order valence-corrected chi connectivity index (χ1v) is 12.0. The second kappa shape index (κ2) is 7.64. The van der Waals surface area contributed by atoms with Crippen molar-refractivity contribution >= 4 is 49.7 Å². The van der Waals surface area contributed by atoms with Gasteiger partial charge in [-0.2, -0.15) is 0 Å². The van der Waals surface area contributed by atoms with E-state index in [9.17, 15) is 14.7 Å². The van der Waals surface area contributed by atoms with Gasteiger partial charge in [-0.1, -0.05) is 17.4 Å². The molecule has 0 saturated carbocycles. The Morgan fingerprint density at radius 2 is 1.85 bits per heavy atom. The Labute approximate surface area is 198 Å². The van der Waals surface area contributed by atoms with Crippen molar-refractivity contribution in [1.29, 1.82) is 0 Å². The summed E-state index contributed by atoms with van der Waals surface area (Å²) in [5.41, 5.74) is 3.42. The molecule has 4 heterocycles. The van der Waals surface area contributed by atoms with E-state index in [1.807, 2.05) is 32.9 Å². The van der Waals surface area contributed by atoms with E-state index in [0.717, 1.165) is 26.4 Å². The highest BCUT2D eigenvalue weighted by atomic mass is 32.1. The number of nitrogens with zero attached hydrogens (tertiary/aromatic N) is 3. The summed E-state index contributed by atoms with van der Waals surface area (Å²) < 4.78 is 6.79. The molecule has 168 valence electrons. The molecule has 5 rings (SSSR count). The Bertz CT molecular complexity index is 1490. The minimum atomic E-state index is -0.928. The summed E-state index contributed by atoms with van der Waals surface area (Å²) in [7, 11) is 0. The summed E-state index contributed by atoms with van der Waals surface area (Å²) in [6.07, 6.45) is 0. The third-order valence-electron chi connectivity index (χ3n) is 5.62. The normalized spacial score (nSPS) is 16.5. The molecule has 0 aliphatic carbocycles. The number of anilines is 1. The fourth-order valence-corrected chi connectivity index (χ4v) is 6.27. The number of Topliss-reactive ketones (excluding diaryl/α,β-unsaturated/α-hetero) is 1. The maximum absolute atomic E-state index is 13.6. The molecule has 7 nitrogen and oxygen atoms in total. The molecule has 1 unspecified atom stereocenters. The van der Waals surface area contributed by atoms with Crippen LogP contribution in [0.2, 0.25) is 0 Å². The van der Waals surface area contributed by atoms with Gasteiger partial charge >= 0.3 is 0 Å². The zero-order chi connectivity index (χ0) is 23.6. The molecule has 1 N–H and O–H groups in total. The summed E-state index contributed by atoms with van der Waals surface area (Å²) in [4.78, 5) is 37.7. The minimum absolute atomic E-state index is 0.0201. The number of amides is 1. The summed E-state index contributed by atoms with van der Waals surface area (Å²) in [6, 6.07) is 6.61. The van der Waals surface area contributed by atoms with Gasteiger partial charge in [0.05, 0.1) is 31.4 Å². The van der Waals surface area contributed by atoms with Gasteiger partial charge in [0.25, 0.3) is 5.91 Å². The number of furan rings is 1. The molecule has 1 amide bonds. The molecule has 0 spiro atoms. The smallest absolute Gasteiger partial charge is 0.296 e. The quantitative estimate of drug-likeness (QED) is 0.379. The van der Waals surface area contributed by atoms with Crippen LogP contribution in [0.1, 0.15) is 49.1 Å². The van der Waals surface area contributed by atoms with E-state index in [2.05, 4.69) is 4.98 Å². The number of hydrogen-bond donors (Lipinski definition) is 1. The molecule has 0 saturated heterocycles. The van der Waals surface area contributed by atoms with Gasteiger partial charge in [0.15, 0.2) is 10.9 Å². The van der Waals surface area contributed by atoms with Gasteiger partial charge in [-0.25, -0.2) is 9.97 Å². The van der Waals surface area contributed by atoms with E-state index in [1.54, 1.807) is 26.0 Å². The van der Waals surface area contributed by atoms with Crippen molar-refractivity contribution in [3.05, 3.63) is 73.8 Å². The van der Waals surface area contributed by atoms with E-state index < -0.39 is 23.5 Å². The summed E-state index contributed by atoms with van der Waals surface area (Å²) in [5.74, 6) is -0.671. The summed E-state index contributed by atoms with van der Waals surface area (Å²) >= 11 is 2.58. The zero-order valence-corrected chi connectivity index (χ0v) is 20.3. The fourth-order valence-electron chi connectivity index (χ4n) is 4.23. The van der Waals surface area contributed by atoms with Gasteiger partial charge in [0, 0.05) is 0 Å². The van der Waals surface area contributed by atoms with Crippen LogP contribution in [0, 0.1) is 34.6 Å². The Hall–Kier alpha value is -3.30. The van der Waals surface area contributed by atoms with Gasteiger partial charge < -0.3 is 9.52 Å². The van der Waals surface area contributed by atoms with Crippen molar-refractivity contribution in [1.82, 2.24) is 9.97 Å². The second-order valence-electron chi connectivity index (χ2n) is 8.19. The van der Waals surface area contributed by atoms with Crippen LogP contribution in [-0.4, -0.2) is 26.8 Å². The number of carbonyl (C=O) groups excluding carboxylic acids is 2. The Balaban J connectivity index is 1.69. The van der Waals surface area contributed by atoms with Gasteiger partial charge in [-0.3, -0.25) is 14.5 Å². The molecular weight excluding hydrogens is 458 g/mol. The minimum Gasteiger partial charge on any atom is -0.503 e. The van der Waals surface area contributed by atoms with E-state index in [4.69, 9.17) is 9.40 Å². The third kappa shape index (κ3) is 3.39. The number of aliphatic hydroxyl groups excluding tert-OH is 1. The van der Waals surface area contributed by atoms with E-state index in [0.29, 0.717) is 27.2 Å². The first-order chi connectivity index (χ1) is 15.7. The average molecular weight is 480 g/mol. The molecule has 3 aromatic heterocycles. The molecule has 9 heteroatoms. The highest BCUT2D eigenvalue weighted by molar-refractivity contribution is 7.22. The Morgan fingerprint density at radius 3 is 2.48 bits per heavy atom. The first-order valence-electron chi connectivity index (χ1n) is 10.3. The van der Waals surface area contributed by atoms with Crippen LogP contribution in [0.3, 0.4) is 0 Å². The van der Waals surface area contributed by atoms with Crippen molar-refractivity contribution in [3.63, 3.8) is 0 Å². The molecule has 0 fully saturated rings. The predicted octanol–water partition coefficient (Wildman–Crippen LogP) is 5.67. The number of aromatic nitrogens is 2. The maximum atomic E-state index is 13.6. The van der Waals surface area contributed by atoms with Crippen LogP contribution in [0.25, 0.3) is 10.2 Å². The van der Waals surface area contributed by atoms with Gasteiger partial charge in [-0.15, -0.1) is 11.3 Å². The second-order valence-corrected chi connectivity index (χ2v) is 10.4. The van der Waals surface area contributed by atoms with Crippen LogP contribution in [0.15, 0.2) is 40.0 Å². The molecular formula is C24H21N3O4S2. The van der Waals surface area contributed by atoms with E-state index in [-0.39, 0.29) is 5.57 Å². The number of rotatable bonds is 4. The molecule has 0 radical (unpaired) electrons. The lowest BCUT2D eigenvalue weighted by Gasteiger charge is -2.22. The lowest BCUT2D eigenvalue weighted by atomic mass is 10.00. The highest BCUT2D eigenvalue weighted by Crippen LogP contribution is 2.45. The molecule has 4 aromatic rings. The van der Waals surface area contributed by atoms with Crippen LogP contribution >= 0.6 is 22.7 Å². The third-order valence-corrected chi connectivity index (χ3v) is 7.69. The largest absolute Gasteiger partial charge is 0.503 e. The first kappa shape index (κ1) is 21.5. The van der Waals surface area contributed by atoms with Crippen molar-refractivity contribution < 1.29 is 19.1 Å². The van der Waals surface area contributed by atoms with Gasteiger partial charge in [0.1, 0.15) is 17.6 Å². The van der Waals surface area contributed by atoms with Crippen molar-refractivity contribution in [2.45, 2.75) is 40.7 Å². The number of ketones is 1. The van der Waals surface area contributed by atoms with Crippen LogP contribution in [0.5, 0.6) is 0 Å². The Morgan fingerprint density at radius 1 is 1.09 bits per heavy atom. The number of carbonyl (C=O) groups is 2. The van der Waals surface area contributed by atoms with Crippen molar-refractivity contribution in [2.24, 2.45) is 0 Å². The lowest BCUT2D eigenvalue weighted by molar-refractivity contribution is -0.117. The average Bonchev–Trinajstić information content (AvgIpc) is 3.48. The molecule has 1 aliphatic rings. The molecule has 1 aliphatic heterocycles. The maximum Gasteiger partial charge on any atom is 0.296 e. The molecule has 33 heavy (non-hydrogen) atoms. The summed E-state index contributed by atoms with van der Waals surface area (Å²) in [6.45, 7) is 9.32. The van der Waals surface area contributed by atoms with Gasteiger partial charge in [0.2, 0.25) is 5.78 Å². The van der Waals surface area contributed by atoms with Crippen LogP contribution < -0.4 is 4.90 Å². The lowest BCUT2D eigenvalue weighted by Crippen LogP contribution is -2.30. The number of fused-ring (bicyclic) bond motifs is 1. The van der Waals surface area contributed by atoms with Crippen molar-refractivity contribution in [3.8, 4) is 0 Å². The molecule has 0 bridgehead atoms.